The molecule has 0 fully saturated rings. The van der Waals surface area contributed by atoms with Crippen molar-refractivity contribution in [3.63, 3.8) is 0 Å². The molecule has 1 aromatic carbocycles. The van der Waals surface area contributed by atoms with E-state index in [9.17, 15) is 0 Å². The Bertz CT molecular complexity index is 685. The molecule has 3 heteroatoms. The Morgan fingerprint density at radius 2 is 1.88 bits per heavy atom. The van der Waals surface area contributed by atoms with E-state index in [-0.39, 0.29) is 0 Å². The van der Waals surface area contributed by atoms with Crippen molar-refractivity contribution in [1.82, 2.24) is 4.98 Å². The molecule has 2 aromatic rings. The maximum Gasteiger partial charge on any atom is 0.119 e. The first-order chi connectivity index (χ1) is 12.8. The number of aryl methyl sites for hydroxylation is 1. The van der Waals surface area contributed by atoms with E-state index in [0.29, 0.717) is 11.8 Å². The molecule has 0 radical (unpaired) electrons. The summed E-state index contributed by atoms with van der Waals surface area (Å²) in [5, 5.41) is 0. The highest BCUT2D eigenvalue weighted by atomic mass is 16.5. The fraction of sp³-hybridized carbons (Fsp3) is 0.522. The minimum absolute atomic E-state index is 0.463. The first-order valence-corrected chi connectivity index (χ1v) is 10.1. The summed E-state index contributed by atoms with van der Waals surface area (Å²) in [6.45, 7) is 0.723. The number of unbranched alkanes of at least 4 members (excludes halogenated alkanes) is 3. The van der Waals surface area contributed by atoms with Gasteiger partial charge >= 0.3 is 0 Å². The van der Waals surface area contributed by atoms with Gasteiger partial charge in [-0.25, -0.2) is 0 Å². The Kier molecular flexibility index (Phi) is 7.07. The molecule has 0 amide bonds. The van der Waals surface area contributed by atoms with E-state index in [1.54, 1.807) is 7.11 Å². The van der Waals surface area contributed by atoms with E-state index in [4.69, 9.17) is 10.5 Å². The third-order valence-electron chi connectivity index (χ3n) is 5.75. The zero-order chi connectivity index (χ0) is 18.2. The van der Waals surface area contributed by atoms with Crippen molar-refractivity contribution in [2.24, 2.45) is 5.73 Å². The number of methoxy groups -OCH3 is 1. The van der Waals surface area contributed by atoms with Crippen molar-refractivity contribution < 1.29 is 4.74 Å². The summed E-state index contributed by atoms with van der Waals surface area (Å²) in [7, 11) is 1.73. The molecule has 1 aliphatic carbocycles. The van der Waals surface area contributed by atoms with Crippen LogP contribution >= 0.6 is 0 Å². The van der Waals surface area contributed by atoms with Gasteiger partial charge in [0, 0.05) is 24.4 Å². The molecular formula is C23H32N2O. The fourth-order valence-corrected chi connectivity index (χ4v) is 4.24. The molecule has 0 bridgehead atoms. The quantitative estimate of drug-likeness (QED) is 0.631. The van der Waals surface area contributed by atoms with Gasteiger partial charge < -0.3 is 10.5 Å². The maximum atomic E-state index is 5.94. The summed E-state index contributed by atoms with van der Waals surface area (Å²) in [5.74, 6) is 2.10. The summed E-state index contributed by atoms with van der Waals surface area (Å²) in [5.41, 5.74) is 10.0. The summed E-state index contributed by atoms with van der Waals surface area (Å²) in [6, 6.07) is 12.8. The minimum Gasteiger partial charge on any atom is -0.497 e. The highest BCUT2D eigenvalue weighted by Crippen LogP contribution is 2.39. The normalized spacial score (nSPS) is 19.2. The van der Waals surface area contributed by atoms with Crippen LogP contribution in [-0.2, 0) is 6.42 Å². The second kappa shape index (κ2) is 9.72. The lowest BCUT2D eigenvalue weighted by Crippen LogP contribution is -2.22. The van der Waals surface area contributed by atoms with Gasteiger partial charge in [-0.05, 0) is 67.3 Å². The number of nitrogens with zero attached hydrogens (tertiary/aromatic N) is 1. The average molecular weight is 353 g/mol. The SMILES string of the molecule is COc1cccc(CCCCCCC2CCC(CN)c3ncccc32)c1. The van der Waals surface area contributed by atoms with Crippen LogP contribution in [0.15, 0.2) is 42.6 Å². The molecule has 2 unspecified atom stereocenters. The molecule has 0 saturated carbocycles. The van der Waals surface area contributed by atoms with Crippen molar-refractivity contribution >= 4 is 0 Å². The number of nitrogens with two attached hydrogens (primary N) is 1. The van der Waals surface area contributed by atoms with Crippen molar-refractivity contribution in [2.45, 2.75) is 63.2 Å². The predicted octanol–water partition coefficient (Wildman–Crippen LogP) is 5.20. The van der Waals surface area contributed by atoms with Gasteiger partial charge in [0.15, 0.2) is 0 Å². The summed E-state index contributed by atoms with van der Waals surface area (Å²) in [4.78, 5) is 4.64. The van der Waals surface area contributed by atoms with E-state index in [1.807, 2.05) is 12.3 Å². The summed E-state index contributed by atoms with van der Waals surface area (Å²) < 4.78 is 5.30. The van der Waals surface area contributed by atoms with Crippen LogP contribution in [-0.4, -0.2) is 18.6 Å². The first kappa shape index (κ1) is 18.9. The van der Waals surface area contributed by atoms with E-state index < -0.39 is 0 Å². The van der Waals surface area contributed by atoms with Gasteiger partial charge in [-0.1, -0.05) is 37.5 Å². The largest absolute Gasteiger partial charge is 0.497 e. The van der Waals surface area contributed by atoms with E-state index in [0.717, 1.165) is 18.7 Å². The Morgan fingerprint density at radius 1 is 1.04 bits per heavy atom. The highest BCUT2D eigenvalue weighted by molar-refractivity contribution is 5.30. The molecule has 3 rings (SSSR count). The monoisotopic (exact) mass is 352 g/mol. The molecule has 140 valence electrons. The first-order valence-electron chi connectivity index (χ1n) is 10.1. The highest BCUT2D eigenvalue weighted by Gasteiger charge is 2.26. The molecule has 0 aliphatic heterocycles. The van der Waals surface area contributed by atoms with Crippen molar-refractivity contribution in [2.75, 3.05) is 13.7 Å². The summed E-state index contributed by atoms with van der Waals surface area (Å²) in [6.07, 6.45) is 12.0. The van der Waals surface area contributed by atoms with Crippen molar-refractivity contribution in [3.8, 4) is 5.75 Å². The Balaban J connectivity index is 1.40. The maximum absolute atomic E-state index is 5.94. The molecule has 26 heavy (non-hydrogen) atoms. The number of pyridine rings is 1. The van der Waals surface area contributed by atoms with Crippen LogP contribution in [0.1, 0.15) is 73.6 Å². The fourth-order valence-electron chi connectivity index (χ4n) is 4.24. The molecule has 1 heterocycles. The lowest BCUT2D eigenvalue weighted by molar-refractivity contribution is 0.414. The average Bonchev–Trinajstić information content (AvgIpc) is 2.70. The van der Waals surface area contributed by atoms with Crippen LogP contribution in [0.2, 0.25) is 0 Å². The smallest absolute Gasteiger partial charge is 0.119 e. The lowest BCUT2D eigenvalue weighted by Gasteiger charge is -2.30. The lowest BCUT2D eigenvalue weighted by atomic mass is 9.77. The zero-order valence-corrected chi connectivity index (χ0v) is 16.0. The molecule has 0 saturated heterocycles. The number of aromatic nitrogens is 1. The second-order valence-corrected chi connectivity index (χ2v) is 7.49. The van der Waals surface area contributed by atoms with Gasteiger partial charge in [0.25, 0.3) is 0 Å². The molecule has 3 nitrogen and oxygen atoms in total. The molecule has 0 spiro atoms. The van der Waals surface area contributed by atoms with Crippen LogP contribution in [0.3, 0.4) is 0 Å². The van der Waals surface area contributed by atoms with E-state index in [2.05, 4.69) is 35.3 Å². The van der Waals surface area contributed by atoms with Gasteiger partial charge in [0.05, 0.1) is 7.11 Å². The van der Waals surface area contributed by atoms with Gasteiger partial charge in [-0.2, -0.15) is 0 Å². The summed E-state index contributed by atoms with van der Waals surface area (Å²) >= 11 is 0. The van der Waals surface area contributed by atoms with Gasteiger partial charge in [0.1, 0.15) is 5.75 Å². The molecule has 2 atom stereocenters. The number of hydrogen-bond acceptors (Lipinski definition) is 3. The predicted molar refractivity (Wildman–Crippen MR) is 108 cm³/mol. The van der Waals surface area contributed by atoms with Crippen LogP contribution in [0.4, 0.5) is 0 Å². The van der Waals surface area contributed by atoms with Gasteiger partial charge in [-0.3, -0.25) is 4.98 Å². The number of fused-ring (bicyclic) bond motifs is 1. The Morgan fingerprint density at radius 3 is 2.73 bits per heavy atom. The van der Waals surface area contributed by atoms with Gasteiger partial charge in [-0.15, -0.1) is 0 Å². The van der Waals surface area contributed by atoms with Gasteiger partial charge in [0.2, 0.25) is 0 Å². The molecular weight excluding hydrogens is 320 g/mol. The van der Waals surface area contributed by atoms with E-state index in [1.165, 1.54) is 61.8 Å². The van der Waals surface area contributed by atoms with Crippen molar-refractivity contribution in [1.29, 1.82) is 0 Å². The van der Waals surface area contributed by atoms with Crippen LogP contribution < -0.4 is 10.5 Å². The number of benzene rings is 1. The standard InChI is InChI=1S/C23H32N2O/c1-26-21-11-6-9-18(16-21)8-4-2-3-5-10-19-13-14-20(17-24)23-22(19)12-7-15-25-23/h6-7,9,11-12,15-16,19-20H,2-5,8,10,13-14,17,24H2,1H3. The minimum atomic E-state index is 0.463. The molecule has 1 aliphatic rings. The zero-order valence-electron chi connectivity index (χ0n) is 16.0. The van der Waals surface area contributed by atoms with Crippen LogP contribution in [0, 0.1) is 0 Å². The number of ether oxygens (including phenoxy) is 1. The van der Waals surface area contributed by atoms with Crippen molar-refractivity contribution in [3.05, 3.63) is 59.4 Å². The van der Waals surface area contributed by atoms with Crippen LogP contribution in [0.5, 0.6) is 5.75 Å². The topological polar surface area (TPSA) is 48.1 Å². The third-order valence-corrected chi connectivity index (χ3v) is 5.75. The molecule has 1 aromatic heterocycles. The number of rotatable bonds is 9. The number of hydrogen-bond donors (Lipinski definition) is 1. The van der Waals surface area contributed by atoms with E-state index >= 15 is 0 Å². The Hall–Kier alpha value is -1.87. The second-order valence-electron chi connectivity index (χ2n) is 7.49. The molecule has 2 N–H and O–H groups in total. The third kappa shape index (κ3) is 4.85. The van der Waals surface area contributed by atoms with Crippen LogP contribution in [0.25, 0.3) is 0 Å². The Labute approximate surface area is 158 Å².